The quantitative estimate of drug-likeness (QED) is 0.689. The molecule has 0 bridgehead atoms. The molecule has 0 spiro atoms. The molecule has 1 unspecified atom stereocenters. The van der Waals surface area contributed by atoms with Gasteiger partial charge in [-0.25, -0.2) is 0 Å². The van der Waals surface area contributed by atoms with E-state index in [1.165, 1.54) is 44.3 Å². The predicted octanol–water partition coefficient (Wildman–Crippen LogP) is 3.85. The van der Waals surface area contributed by atoms with Crippen molar-refractivity contribution < 1.29 is 0 Å². The average Bonchev–Trinajstić information content (AvgIpc) is 2.47. The van der Waals surface area contributed by atoms with Gasteiger partial charge in [-0.2, -0.15) is 0 Å². The van der Waals surface area contributed by atoms with Gasteiger partial charge in [0.05, 0.1) is 0 Å². The molecule has 0 amide bonds. The lowest BCUT2D eigenvalue weighted by Gasteiger charge is -2.27. The van der Waals surface area contributed by atoms with Crippen LogP contribution in [0.3, 0.4) is 0 Å². The summed E-state index contributed by atoms with van der Waals surface area (Å²) in [5, 5.41) is 3.46. The molecule has 1 aromatic carbocycles. The number of hydrogen-bond acceptors (Lipinski definition) is 2. The fourth-order valence-electron chi connectivity index (χ4n) is 2.36. The van der Waals surface area contributed by atoms with Crippen LogP contribution in [0.2, 0.25) is 0 Å². The molecule has 0 aromatic heterocycles. The third kappa shape index (κ3) is 6.22. The van der Waals surface area contributed by atoms with Crippen molar-refractivity contribution in [3.05, 3.63) is 35.9 Å². The third-order valence-corrected chi connectivity index (χ3v) is 3.65. The van der Waals surface area contributed by atoms with Crippen LogP contribution >= 0.6 is 0 Å². The summed E-state index contributed by atoms with van der Waals surface area (Å²) in [6, 6.07) is 11.2. The summed E-state index contributed by atoms with van der Waals surface area (Å²) in [6.07, 6.45) is 5.15. The minimum absolute atomic E-state index is 0.440. The van der Waals surface area contributed by atoms with Gasteiger partial charge in [0.15, 0.2) is 0 Å². The van der Waals surface area contributed by atoms with Crippen molar-refractivity contribution in [3.63, 3.8) is 0 Å². The van der Waals surface area contributed by atoms with Gasteiger partial charge in [0.25, 0.3) is 0 Å². The van der Waals surface area contributed by atoms with Crippen LogP contribution in [0, 0.1) is 0 Å². The van der Waals surface area contributed by atoms with E-state index in [1.807, 2.05) is 0 Å². The standard InChI is InChI=1S/C17H30N2/c1-4-6-13-19(14-7-5-2)15-17(18-3)16-11-9-8-10-12-16/h8-12,17-18H,4-7,13-15H2,1-3H3. The number of benzene rings is 1. The lowest BCUT2D eigenvalue weighted by atomic mass is 10.1. The summed E-state index contributed by atoms with van der Waals surface area (Å²) < 4.78 is 0. The average molecular weight is 262 g/mol. The van der Waals surface area contributed by atoms with Gasteiger partial charge >= 0.3 is 0 Å². The zero-order chi connectivity index (χ0) is 13.9. The smallest absolute Gasteiger partial charge is 0.0446 e. The molecule has 0 saturated heterocycles. The minimum atomic E-state index is 0.440. The van der Waals surface area contributed by atoms with Crippen LogP contribution in [-0.4, -0.2) is 31.6 Å². The Labute approximate surface area is 119 Å². The van der Waals surface area contributed by atoms with Crippen LogP contribution < -0.4 is 5.32 Å². The van der Waals surface area contributed by atoms with Gasteiger partial charge in [-0.15, -0.1) is 0 Å². The van der Waals surface area contributed by atoms with Crippen molar-refractivity contribution in [2.45, 2.75) is 45.6 Å². The molecule has 0 aliphatic heterocycles. The van der Waals surface area contributed by atoms with Crippen molar-refractivity contribution in [1.29, 1.82) is 0 Å². The van der Waals surface area contributed by atoms with E-state index in [9.17, 15) is 0 Å². The molecule has 0 radical (unpaired) electrons. The maximum absolute atomic E-state index is 3.46. The Bertz CT molecular complexity index is 302. The fraction of sp³-hybridized carbons (Fsp3) is 0.647. The van der Waals surface area contributed by atoms with Gasteiger partial charge in [-0.05, 0) is 38.5 Å². The van der Waals surface area contributed by atoms with Crippen LogP contribution in [0.5, 0.6) is 0 Å². The van der Waals surface area contributed by atoms with Crippen LogP contribution in [0.1, 0.15) is 51.1 Å². The number of nitrogens with one attached hydrogen (secondary N) is 1. The normalized spacial score (nSPS) is 12.8. The van der Waals surface area contributed by atoms with Crippen molar-refractivity contribution >= 4 is 0 Å². The Hall–Kier alpha value is -0.860. The molecule has 1 atom stereocenters. The van der Waals surface area contributed by atoms with E-state index >= 15 is 0 Å². The van der Waals surface area contributed by atoms with E-state index in [0.29, 0.717) is 6.04 Å². The molecule has 1 aromatic rings. The summed E-state index contributed by atoms with van der Waals surface area (Å²) in [7, 11) is 2.06. The van der Waals surface area contributed by atoms with Crippen molar-refractivity contribution in [1.82, 2.24) is 10.2 Å². The van der Waals surface area contributed by atoms with Gasteiger partial charge in [0.1, 0.15) is 0 Å². The zero-order valence-corrected chi connectivity index (χ0v) is 12.9. The van der Waals surface area contributed by atoms with Gasteiger partial charge in [-0.1, -0.05) is 57.0 Å². The van der Waals surface area contributed by atoms with Gasteiger partial charge < -0.3 is 10.2 Å². The van der Waals surface area contributed by atoms with Crippen molar-refractivity contribution in [3.8, 4) is 0 Å². The molecular weight excluding hydrogens is 232 g/mol. The van der Waals surface area contributed by atoms with E-state index in [1.54, 1.807) is 0 Å². The van der Waals surface area contributed by atoms with E-state index in [2.05, 4.69) is 61.4 Å². The number of likely N-dealkylation sites (N-methyl/N-ethyl adjacent to an activating group) is 1. The molecule has 0 heterocycles. The Morgan fingerprint density at radius 1 is 1.00 bits per heavy atom. The molecule has 19 heavy (non-hydrogen) atoms. The van der Waals surface area contributed by atoms with Crippen LogP contribution in [-0.2, 0) is 0 Å². The lowest BCUT2D eigenvalue weighted by Crippen LogP contribution is -2.35. The summed E-state index contributed by atoms with van der Waals surface area (Å²) in [4.78, 5) is 2.61. The molecule has 2 heteroatoms. The molecule has 0 fully saturated rings. The second-order valence-electron chi connectivity index (χ2n) is 5.26. The van der Waals surface area contributed by atoms with Gasteiger partial charge in [0.2, 0.25) is 0 Å². The molecule has 0 aliphatic carbocycles. The molecular formula is C17H30N2. The highest BCUT2D eigenvalue weighted by Gasteiger charge is 2.13. The highest BCUT2D eigenvalue weighted by molar-refractivity contribution is 5.19. The van der Waals surface area contributed by atoms with E-state index in [4.69, 9.17) is 0 Å². The first-order valence-electron chi connectivity index (χ1n) is 7.76. The summed E-state index contributed by atoms with van der Waals surface area (Å²) in [5.74, 6) is 0. The summed E-state index contributed by atoms with van der Waals surface area (Å²) in [6.45, 7) is 8.10. The predicted molar refractivity (Wildman–Crippen MR) is 84.5 cm³/mol. The van der Waals surface area contributed by atoms with E-state index < -0.39 is 0 Å². The molecule has 0 saturated carbocycles. The molecule has 108 valence electrons. The first-order chi connectivity index (χ1) is 9.31. The highest BCUT2D eigenvalue weighted by atomic mass is 15.1. The summed E-state index contributed by atoms with van der Waals surface area (Å²) >= 11 is 0. The Morgan fingerprint density at radius 2 is 1.58 bits per heavy atom. The number of nitrogens with zero attached hydrogens (tertiary/aromatic N) is 1. The molecule has 2 nitrogen and oxygen atoms in total. The highest BCUT2D eigenvalue weighted by Crippen LogP contribution is 2.14. The van der Waals surface area contributed by atoms with Crippen LogP contribution in [0.15, 0.2) is 30.3 Å². The lowest BCUT2D eigenvalue weighted by molar-refractivity contribution is 0.239. The SMILES string of the molecule is CCCCN(CCCC)CC(NC)c1ccccc1. The topological polar surface area (TPSA) is 15.3 Å². The van der Waals surface area contributed by atoms with Crippen LogP contribution in [0.4, 0.5) is 0 Å². The third-order valence-electron chi connectivity index (χ3n) is 3.65. The molecule has 0 aliphatic rings. The maximum Gasteiger partial charge on any atom is 0.0446 e. The minimum Gasteiger partial charge on any atom is -0.312 e. The summed E-state index contributed by atoms with van der Waals surface area (Å²) in [5.41, 5.74) is 1.39. The largest absolute Gasteiger partial charge is 0.312 e. The van der Waals surface area contributed by atoms with E-state index in [0.717, 1.165) is 6.54 Å². The first kappa shape index (κ1) is 16.2. The number of hydrogen-bond donors (Lipinski definition) is 1. The molecule has 1 N–H and O–H groups in total. The Morgan fingerprint density at radius 3 is 2.05 bits per heavy atom. The van der Waals surface area contributed by atoms with Gasteiger partial charge in [-0.3, -0.25) is 0 Å². The number of unbranched alkanes of at least 4 members (excludes halogenated alkanes) is 2. The number of rotatable bonds is 10. The van der Waals surface area contributed by atoms with Crippen molar-refractivity contribution in [2.75, 3.05) is 26.7 Å². The fourth-order valence-corrected chi connectivity index (χ4v) is 2.36. The zero-order valence-electron chi connectivity index (χ0n) is 12.9. The second-order valence-corrected chi connectivity index (χ2v) is 5.26. The first-order valence-corrected chi connectivity index (χ1v) is 7.76. The Kier molecular flexibility index (Phi) is 8.52. The van der Waals surface area contributed by atoms with Gasteiger partial charge in [0, 0.05) is 12.6 Å². The Balaban J connectivity index is 2.58. The van der Waals surface area contributed by atoms with E-state index in [-0.39, 0.29) is 0 Å². The van der Waals surface area contributed by atoms with Crippen LogP contribution in [0.25, 0.3) is 0 Å². The molecule has 1 rings (SSSR count). The monoisotopic (exact) mass is 262 g/mol. The second kappa shape index (κ2) is 9.99. The van der Waals surface area contributed by atoms with Crippen molar-refractivity contribution in [2.24, 2.45) is 0 Å². The maximum atomic E-state index is 3.46.